The van der Waals surface area contributed by atoms with Crippen molar-refractivity contribution in [3.63, 3.8) is 0 Å². The predicted molar refractivity (Wildman–Crippen MR) is 88.5 cm³/mol. The summed E-state index contributed by atoms with van der Waals surface area (Å²) in [5, 5.41) is 20.4. The Hall–Kier alpha value is -2.20. The number of ether oxygens (including phenoxy) is 1. The molecule has 124 valence electrons. The molecule has 1 atom stereocenters. The predicted octanol–water partition coefficient (Wildman–Crippen LogP) is 3.75. The zero-order valence-electron chi connectivity index (χ0n) is 13.8. The molecule has 1 rings (SSSR count). The number of aromatic carboxylic acids is 1. The first-order valence-electron chi connectivity index (χ1n) is 7.08. The van der Waals surface area contributed by atoms with E-state index in [2.05, 4.69) is 4.99 Å². The first-order chi connectivity index (χ1) is 10.6. The van der Waals surface area contributed by atoms with Gasteiger partial charge in [-0.3, -0.25) is 4.79 Å². The van der Waals surface area contributed by atoms with Crippen LogP contribution in [0.3, 0.4) is 0 Å². The largest absolute Gasteiger partial charge is 0.478 e. The standard InChI is InChI=1S/C16H20N2O4S/c1-9(2)11-8-23-13(12(11)14(19)20)18-7-10(6-17)15(21)22-16(3,4)5/h7-10H,1-5H3,(H,19,20). The molecule has 1 heterocycles. The van der Waals surface area contributed by atoms with Crippen molar-refractivity contribution in [3.05, 3.63) is 16.5 Å². The smallest absolute Gasteiger partial charge is 0.339 e. The molecule has 0 fully saturated rings. The van der Waals surface area contributed by atoms with Crippen molar-refractivity contribution in [1.82, 2.24) is 0 Å². The van der Waals surface area contributed by atoms with Crippen molar-refractivity contribution in [2.45, 2.75) is 46.1 Å². The number of hydrogen-bond acceptors (Lipinski definition) is 6. The molecule has 0 bridgehead atoms. The summed E-state index contributed by atoms with van der Waals surface area (Å²) in [5.74, 6) is -2.92. The number of hydrogen-bond donors (Lipinski definition) is 1. The van der Waals surface area contributed by atoms with Crippen molar-refractivity contribution in [2.24, 2.45) is 10.9 Å². The quantitative estimate of drug-likeness (QED) is 0.652. The van der Waals surface area contributed by atoms with Crippen LogP contribution in [0.4, 0.5) is 5.00 Å². The third-order valence-corrected chi connectivity index (χ3v) is 3.68. The summed E-state index contributed by atoms with van der Waals surface area (Å²) in [5.41, 5.74) is 0.0857. The SMILES string of the molecule is CC(C)c1csc(N=CC(C#N)C(=O)OC(C)(C)C)c1C(=O)O. The molecule has 0 saturated carbocycles. The minimum absolute atomic E-state index is 0.0407. The van der Waals surface area contributed by atoms with Gasteiger partial charge in [0.25, 0.3) is 0 Å². The van der Waals surface area contributed by atoms with Gasteiger partial charge in [0.15, 0.2) is 5.92 Å². The highest BCUT2D eigenvalue weighted by atomic mass is 32.1. The number of esters is 1. The molecule has 1 N–H and O–H groups in total. The van der Waals surface area contributed by atoms with Crippen LogP contribution >= 0.6 is 11.3 Å². The maximum atomic E-state index is 11.9. The van der Waals surface area contributed by atoms with Gasteiger partial charge in [0.2, 0.25) is 0 Å². The second-order valence-corrected chi connectivity index (χ2v) is 7.11. The lowest BCUT2D eigenvalue weighted by atomic mass is 10.0. The Kier molecular flexibility index (Phi) is 6.05. The average Bonchev–Trinajstić information content (AvgIpc) is 2.81. The van der Waals surface area contributed by atoms with Gasteiger partial charge in [-0.25, -0.2) is 9.79 Å². The molecule has 7 heteroatoms. The minimum Gasteiger partial charge on any atom is -0.478 e. The number of carbonyl (C=O) groups excluding carboxylic acids is 1. The number of nitrogens with zero attached hydrogens (tertiary/aromatic N) is 2. The average molecular weight is 336 g/mol. The number of thiophene rings is 1. The number of nitriles is 1. The first kappa shape index (κ1) is 18.8. The molecule has 0 aliphatic carbocycles. The minimum atomic E-state index is -1.18. The summed E-state index contributed by atoms with van der Waals surface area (Å²) >= 11 is 1.17. The Balaban J connectivity index is 3.06. The van der Waals surface area contributed by atoms with Gasteiger partial charge in [0.1, 0.15) is 10.6 Å². The lowest BCUT2D eigenvalue weighted by Crippen LogP contribution is -2.28. The summed E-state index contributed by atoms with van der Waals surface area (Å²) in [6.45, 7) is 8.88. The van der Waals surface area contributed by atoms with Crippen LogP contribution in [-0.4, -0.2) is 28.9 Å². The van der Waals surface area contributed by atoms with Gasteiger partial charge >= 0.3 is 11.9 Å². The molecule has 1 aromatic heterocycles. The number of rotatable bonds is 5. The van der Waals surface area contributed by atoms with E-state index in [1.54, 1.807) is 32.2 Å². The maximum absolute atomic E-state index is 11.9. The molecule has 0 saturated heterocycles. The maximum Gasteiger partial charge on any atom is 0.339 e. The molecule has 0 radical (unpaired) electrons. The van der Waals surface area contributed by atoms with E-state index in [9.17, 15) is 14.7 Å². The fourth-order valence-electron chi connectivity index (χ4n) is 1.75. The summed E-state index contributed by atoms with van der Waals surface area (Å²) in [4.78, 5) is 27.4. The highest BCUT2D eigenvalue weighted by Gasteiger charge is 2.25. The molecule has 0 spiro atoms. The fourth-order valence-corrected chi connectivity index (χ4v) is 2.82. The van der Waals surface area contributed by atoms with Crippen LogP contribution in [-0.2, 0) is 9.53 Å². The van der Waals surface area contributed by atoms with Crippen LogP contribution in [0, 0.1) is 17.2 Å². The van der Waals surface area contributed by atoms with Crippen LogP contribution in [0.2, 0.25) is 0 Å². The van der Waals surface area contributed by atoms with Gasteiger partial charge in [-0.15, -0.1) is 11.3 Å². The van der Waals surface area contributed by atoms with Crippen LogP contribution < -0.4 is 0 Å². The number of carbonyl (C=O) groups is 2. The molecule has 1 aromatic rings. The molecule has 1 unspecified atom stereocenters. The Morgan fingerprint density at radius 2 is 2.04 bits per heavy atom. The van der Waals surface area contributed by atoms with Gasteiger partial charge in [0, 0.05) is 6.21 Å². The monoisotopic (exact) mass is 336 g/mol. The highest BCUT2D eigenvalue weighted by molar-refractivity contribution is 7.14. The molecule has 0 amide bonds. The van der Waals surface area contributed by atoms with Gasteiger partial charge in [0.05, 0.1) is 11.6 Å². The summed E-state index contributed by atoms with van der Waals surface area (Å²) < 4.78 is 5.13. The van der Waals surface area contributed by atoms with Crippen LogP contribution in [0.25, 0.3) is 0 Å². The Morgan fingerprint density at radius 3 is 2.48 bits per heavy atom. The zero-order chi connectivity index (χ0) is 17.8. The Bertz CT molecular complexity index is 663. The lowest BCUT2D eigenvalue weighted by Gasteiger charge is -2.20. The van der Waals surface area contributed by atoms with E-state index in [-0.39, 0.29) is 16.5 Å². The van der Waals surface area contributed by atoms with Crippen molar-refractivity contribution in [3.8, 4) is 6.07 Å². The number of carboxylic acids is 1. The van der Waals surface area contributed by atoms with Crippen molar-refractivity contribution >= 4 is 34.5 Å². The van der Waals surface area contributed by atoms with E-state index in [1.807, 2.05) is 13.8 Å². The molecule has 6 nitrogen and oxygen atoms in total. The molecule has 0 aliphatic heterocycles. The van der Waals surface area contributed by atoms with Gasteiger partial charge in [-0.2, -0.15) is 5.26 Å². The number of aliphatic imine (C=N–C) groups is 1. The molecule has 0 aromatic carbocycles. The van der Waals surface area contributed by atoms with Crippen LogP contribution in [0.15, 0.2) is 10.4 Å². The lowest BCUT2D eigenvalue weighted by molar-refractivity contribution is -0.155. The zero-order valence-corrected chi connectivity index (χ0v) is 14.6. The van der Waals surface area contributed by atoms with Gasteiger partial charge in [-0.1, -0.05) is 13.8 Å². The van der Waals surface area contributed by atoms with Crippen molar-refractivity contribution in [1.29, 1.82) is 5.26 Å². The Labute approximate surface area is 139 Å². The summed E-state index contributed by atoms with van der Waals surface area (Å²) in [6, 6.07) is 1.81. The molecular formula is C16H20N2O4S. The number of carboxylic acid groups (broad SMARTS) is 1. The third-order valence-electron chi connectivity index (χ3n) is 2.78. The van der Waals surface area contributed by atoms with E-state index in [1.165, 1.54) is 11.3 Å². The van der Waals surface area contributed by atoms with Gasteiger partial charge in [-0.05, 0) is 37.6 Å². The van der Waals surface area contributed by atoms with Crippen LogP contribution in [0.5, 0.6) is 0 Å². The molecular weight excluding hydrogens is 316 g/mol. The topological polar surface area (TPSA) is 99.8 Å². The molecule has 0 aliphatic rings. The van der Waals surface area contributed by atoms with E-state index in [0.717, 1.165) is 6.21 Å². The van der Waals surface area contributed by atoms with Crippen LogP contribution in [0.1, 0.15) is 56.5 Å². The second-order valence-electron chi connectivity index (χ2n) is 6.25. The van der Waals surface area contributed by atoms with Gasteiger partial charge < -0.3 is 9.84 Å². The first-order valence-corrected chi connectivity index (χ1v) is 7.96. The normalized spacial score (nSPS) is 13.1. The fraction of sp³-hybridized carbons (Fsp3) is 0.500. The van der Waals surface area contributed by atoms with Crippen molar-refractivity contribution in [2.75, 3.05) is 0 Å². The van der Waals surface area contributed by atoms with E-state index in [0.29, 0.717) is 5.56 Å². The third kappa shape index (κ3) is 5.18. The van der Waals surface area contributed by atoms with E-state index < -0.39 is 23.5 Å². The Morgan fingerprint density at radius 1 is 1.43 bits per heavy atom. The second kappa shape index (κ2) is 7.38. The van der Waals surface area contributed by atoms with E-state index in [4.69, 9.17) is 10.00 Å². The highest BCUT2D eigenvalue weighted by Crippen LogP contribution is 2.35. The molecule has 23 heavy (non-hydrogen) atoms. The summed E-state index contributed by atoms with van der Waals surface area (Å²) in [6.07, 6.45) is 1.14. The summed E-state index contributed by atoms with van der Waals surface area (Å²) in [7, 11) is 0. The van der Waals surface area contributed by atoms with Crippen molar-refractivity contribution < 1.29 is 19.4 Å². The van der Waals surface area contributed by atoms with E-state index >= 15 is 0 Å².